The summed E-state index contributed by atoms with van der Waals surface area (Å²) in [5, 5.41) is 10.9. The van der Waals surface area contributed by atoms with Crippen LogP contribution in [0.1, 0.15) is 12.8 Å². The molecule has 20 heavy (non-hydrogen) atoms. The molecule has 0 aromatic heterocycles. The zero-order valence-electron chi connectivity index (χ0n) is 10.4. The van der Waals surface area contributed by atoms with E-state index in [4.69, 9.17) is 10.8 Å². The van der Waals surface area contributed by atoms with E-state index in [-0.39, 0.29) is 24.3 Å². The quantitative estimate of drug-likeness (QED) is 0.704. The molecule has 1 aromatic carbocycles. The van der Waals surface area contributed by atoms with Crippen LogP contribution in [-0.2, 0) is 9.59 Å². The monoisotopic (exact) mass is 288 g/mol. The highest BCUT2D eigenvalue weighted by atomic mass is 19.3. The number of hydrogen-bond acceptors (Lipinski definition) is 4. The van der Waals surface area contributed by atoms with Crippen molar-refractivity contribution in [2.45, 2.75) is 25.5 Å². The summed E-state index contributed by atoms with van der Waals surface area (Å²) >= 11 is 0. The smallest absolute Gasteiger partial charge is 0.387 e. The molecule has 8 heteroatoms. The van der Waals surface area contributed by atoms with E-state index in [1.54, 1.807) is 0 Å². The second-order valence-corrected chi connectivity index (χ2v) is 3.93. The van der Waals surface area contributed by atoms with Gasteiger partial charge < -0.3 is 20.9 Å². The second-order valence-electron chi connectivity index (χ2n) is 3.93. The number of ether oxygens (including phenoxy) is 1. The first kappa shape index (κ1) is 15.8. The molecule has 0 radical (unpaired) electrons. The van der Waals surface area contributed by atoms with Gasteiger partial charge in [-0.1, -0.05) is 6.07 Å². The Morgan fingerprint density at radius 2 is 2.10 bits per heavy atom. The third-order valence-corrected chi connectivity index (χ3v) is 2.33. The van der Waals surface area contributed by atoms with Crippen molar-refractivity contribution in [1.82, 2.24) is 0 Å². The van der Waals surface area contributed by atoms with Crippen LogP contribution in [0.5, 0.6) is 5.75 Å². The average Bonchev–Trinajstić information content (AvgIpc) is 2.35. The van der Waals surface area contributed by atoms with Gasteiger partial charge in [-0.3, -0.25) is 9.59 Å². The van der Waals surface area contributed by atoms with Gasteiger partial charge in [-0.25, -0.2) is 0 Å². The summed E-state index contributed by atoms with van der Waals surface area (Å²) in [5.41, 5.74) is 5.74. The van der Waals surface area contributed by atoms with Gasteiger partial charge in [-0.15, -0.1) is 0 Å². The molecular formula is C12H14F2N2O4. The molecule has 0 aliphatic rings. The van der Waals surface area contributed by atoms with Crippen LogP contribution in [0.25, 0.3) is 0 Å². The predicted molar refractivity (Wildman–Crippen MR) is 66.5 cm³/mol. The predicted octanol–water partition coefficient (Wildman–Crippen LogP) is 1.42. The Kier molecular flexibility index (Phi) is 5.85. The number of hydrogen-bond donors (Lipinski definition) is 3. The molecule has 0 saturated heterocycles. The number of anilines is 1. The van der Waals surface area contributed by atoms with Gasteiger partial charge in [-0.05, 0) is 18.6 Å². The Balaban J connectivity index is 2.58. The van der Waals surface area contributed by atoms with Gasteiger partial charge in [0.05, 0.1) is 6.04 Å². The number of halogens is 2. The van der Waals surface area contributed by atoms with Gasteiger partial charge in [0.1, 0.15) is 5.75 Å². The van der Waals surface area contributed by atoms with Crippen LogP contribution >= 0.6 is 0 Å². The van der Waals surface area contributed by atoms with E-state index in [0.29, 0.717) is 0 Å². The van der Waals surface area contributed by atoms with Crippen molar-refractivity contribution in [1.29, 1.82) is 0 Å². The van der Waals surface area contributed by atoms with E-state index in [2.05, 4.69) is 10.1 Å². The minimum atomic E-state index is -2.96. The van der Waals surface area contributed by atoms with E-state index in [9.17, 15) is 18.4 Å². The fraction of sp³-hybridized carbons (Fsp3) is 0.333. The summed E-state index contributed by atoms with van der Waals surface area (Å²) in [7, 11) is 0. The highest BCUT2D eigenvalue weighted by Crippen LogP contribution is 2.19. The summed E-state index contributed by atoms with van der Waals surface area (Å²) in [4.78, 5) is 22.0. The summed E-state index contributed by atoms with van der Waals surface area (Å²) in [6, 6.07) is 4.43. The van der Waals surface area contributed by atoms with Crippen molar-refractivity contribution in [3.63, 3.8) is 0 Å². The topological polar surface area (TPSA) is 102 Å². The molecule has 4 N–H and O–H groups in total. The number of rotatable bonds is 7. The van der Waals surface area contributed by atoms with Crippen molar-refractivity contribution < 1.29 is 28.2 Å². The lowest BCUT2D eigenvalue weighted by molar-refractivity contribution is -0.137. The standard InChI is InChI=1S/C12H14F2N2O4/c13-12(14)20-8-3-1-2-7(6-8)16-11(19)9(15)4-5-10(17)18/h1-3,6,9,12H,4-5,15H2,(H,16,19)(H,17,18). The largest absolute Gasteiger partial charge is 0.481 e. The van der Waals surface area contributed by atoms with E-state index in [1.807, 2.05) is 0 Å². The van der Waals surface area contributed by atoms with Gasteiger partial charge in [0.15, 0.2) is 0 Å². The third kappa shape index (κ3) is 5.61. The number of benzene rings is 1. The van der Waals surface area contributed by atoms with Crippen molar-refractivity contribution in [2.24, 2.45) is 5.73 Å². The maximum absolute atomic E-state index is 12.0. The van der Waals surface area contributed by atoms with Crippen molar-refractivity contribution in [3.8, 4) is 5.75 Å². The first-order valence-electron chi connectivity index (χ1n) is 5.71. The molecule has 1 unspecified atom stereocenters. The molecule has 0 aliphatic carbocycles. The zero-order valence-corrected chi connectivity index (χ0v) is 10.4. The van der Waals surface area contributed by atoms with Crippen molar-refractivity contribution >= 4 is 17.6 Å². The fourth-order valence-electron chi connectivity index (χ4n) is 1.40. The Hall–Kier alpha value is -2.22. The molecule has 0 heterocycles. The maximum atomic E-state index is 12.0. The molecule has 0 fully saturated rings. The number of carbonyl (C=O) groups excluding carboxylic acids is 1. The van der Waals surface area contributed by atoms with Gasteiger partial charge in [0.2, 0.25) is 5.91 Å². The van der Waals surface area contributed by atoms with Crippen LogP contribution < -0.4 is 15.8 Å². The van der Waals surface area contributed by atoms with E-state index >= 15 is 0 Å². The zero-order chi connectivity index (χ0) is 15.1. The number of carboxylic acids is 1. The number of carbonyl (C=O) groups is 2. The summed E-state index contributed by atoms with van der Waals surface area (Å²) < 4.78 is 28.2. The molecule has 110 valence electrons. The molecule has 1 aromatic rings. The minimum Gasteiger partial charge on any atom is -0.481 e. The number of amides is 1. The van der Waals surface area contributed by atoms with Crippen LogP contribution in [0.4, 0.5) is 14.5 Å². The lowest BCUT2D eigenvalue weighted by atomic mass is 10.1. The Morgan fingerprint density at radius 3 is 2.70 bits per heavy atom. The van der Waals surface area contributed by atoms with Gasteiger partial charge >= 0.3 is 12.6 Å². The lowest BCUT2D eigenvalue weighted by Crippen LogP contribution is -2.36. The van der Waals surface area contributed by atoms with E-state index in [0.717, 1.165) is 0 Å². The van der Waals surface area contributed by atoms with Gasteiger partial charge in [0.25, 0.3) is 0 Å². The summed E-state index contributed by atoms with van der Waals surface area (Å²) in [6.45, 7) is -2.96. The molecule has 1 rings (SSSR count). The van der Waals surface area contributed by atoms with Crippen LogP contribution in [0.15, 0.2) is 24.3 Å². The normalized spacial score (nSPS) is 12.0. The highest BCUT2D eigenvalue weighted by Gasteiger charge is 2.15. The number of aliphatic carboxylic acids is 1. The van der Waals surface area contributed by atoms with E-state index in [1.165, 1.54) is 24.3 Å². The molecule has 0 saturated carbocycles. The van der Waals surface area contributed by atoms with Crippen LogP contribution in [-0.4, -0.2) is 29.6 Å². The van der Waals surface area contributed by atoms with Crippen molar-refractivity contribution in [2.75, 3.05) is 5.32 Å². The average molecular weight is 288 g/mol. The molecular weight excluding hydrogens is 274 g/mol. The molecule has 1 amide bonds. The first-order valence-corrected chi connectivity index (χ1v) is 5.71. The Morgan fingerprint density at radius 1 is 1.40 bits per heavy atom. The van der Waals surface area contributed by atoms with Crippen LogP contribution in [0, 0.1) is 0 Å². The number of carboxylic acid groups (broad SMARTS) is 1. The van der Waals surface area contributed by atoms with Gasteiger partial charge in [-0.2, -0.15) is 8.78 Å². The fourth-order valence-corrected chi connectivity index (χ4v) is 1.40. The SMILES string of the molecule is NC(CCC(=O)O)C(=O)Nc1cccc(OC(F)F)c1. The molecule has 0 spiro atoms. The first-order chi connectivity index (χ1) is 9.38. The van der Waals surface area contributed by atoms with E-state index < -0.39 is 24.5 Å². The third-order valence-electron chi connectivity index (χ3n) is 2.33. The summed E-state index contributed by atoms with van der Waals surface area (Å²) in [5.74, 6) is -1.75. The molecule has 0 aliphatic heterocycles. The molecule has 6 nitrogen and oxygen atoms in total. The Labute approximate surface area is 113 Å². The van der Waals surface area contributed by atoms with Crippen LogP contribution in [0.2, 0.25) is 0 Å². The molecule has 0 bridgehead atoms. The number of nitrogens with two attached hydrogens (primary N) is 1. The van der Waals surface area contributed by atoms with Crippen LogP contribution in [0.3, 0.4) is 0 Å². The minimum absolute atomic E-state index is 0.0195. The lowest BCUT2D eigenvalue weighted by Gasteiger charge is -2.12. The van der Waals surface area contributed by atoms with Gasteiger partial charge in [0, 0.05) is 18.2 Å². The summed E-state index contributed by atoms with van der Waals surface area (Å²) in [6.07, 6.45) is -0.252. The second kappa shape index (κ2) is 7.39. The number of nitrogens with one attached hydrogen (secondary N) is 1. The molecule has 1 atom stereocenters. The van der Waals surface area contributed by atoms with Crippen molar-refractivity contribution in [3.05, 3.63) is 24.3 Å². The Bertz CT molecular complexity index is 482. The number of alkyl halides is 2. The maximum Gasteiger partial charge on any atom is 0.387 e. The highest BCUT2D eigenvalue weighted by molar-refractivity contribution is 5.95.